The molecule has 2 rings (SSSR count). The van der Waals surface area contributed by atoms with Crippen molar-refractivity contribution in [2.45, 2.75) is 27.2 Å². The molecule has 0 aliphatic heterocycles. The van der Waals surface area contributed by atoms with E-state index in [4.69, 9.17) is 4.74 Å². The molecule has 120 valence electrons. The van der Waals surface area contributed by atoms with Gasteiger partial charge in [0.15, 0.2) is 5.78 Å². The Hall–Kier alpha value is -2.62. The second kappa shape index (κ2) is 7.58. The lowest BCUT2D eigenvalue weighted by molar-refractivity contribution is -0.116. The first-order valence-corrected chi connectivity index (χ1v) is 7.56. The number of nitrogens with one attached hydrogen (secondary N) is 1. The molecule has 0 bridgehead atoms. The van der Waals surface area contributed by atoms with Crippen molar-refractivity contribution in [1.82, 2.24) is 0 Å². The minimum atomic E-state index is -0.144. The number of anilines is 1. The Kier molecular flexibility index (Phi) is 5.52. The number of ketones is 1. The second-order valence-electron chi connectivity index (χ2n) is 5.53. The van der Waals surface area contributed by atoms with E-state index in [1.165, 1.54) is 12.5 Å². The van der Waals surface area contributed by atoms with Crippen molar-refractivity contribution < 1.29 is 14.3 Å². The van der Waals surface area contributed by atoms with Crippen molar-refractivity contribution >= 4 is 17.4 Å². The normalized spacial score (nSPS) is 10.2. The van der Waals surface area contributed by atoms with E-state index in [2.05, 4.69) is 5.32 Å². The van der Waals surface area contributed by atoms with E-state index in [0.717, 1.165) is 11.3 Å². The van der Waals surface area contributed by atoms with Gasteiger partial charge >= 0.3 is 0 Å². The summed E-state index contributed by atoms with van der Waals surface area (Å²) in [5.74, 6) is 0.591. The highest BCUT2D eigenvalue weighted by atomic mass is 16.5. The molecule has 0 atom stereocenters. The van der Waals surface area contributed by atoms with Crippen molar-refractivity contribution in [1.29, 1.82) is 0 Å². The molecule has 4 nitrogen and oxygen atoms in total. The molecule has 1 amide bonds. The number of carbonyl (C=O) groups excluding carboxylic acids is 2. The molecule has 23 heavy (non-hydrogen) atoms. The Bertz CT molecular complexity index is 722. The summed E-state index contributed by atoms with van der Waals surface area (Å²) in [6, 6.07) is 12.8. The van der Waals surface area contributed by atoms with E-state index < -0.39 is 0 Å². The Morgan fingerprint density at radius 2 is 1.83 bits per heavy atom. The van der Waals surface area contributed by atoms with Gasteiger partial charge in [-0.15, -0.1) is 0 Å². The van der Waals surface area contributed by atoms with Gasteiger partial charge in [-0.25, -0.2) is 0 Å². The summed E-state index contributed by atoms with van der Waals surface area (Å²) in [6.07, 6.45) is 0.247. The van der Waals surface area contributed by atoms with Gasteiger partial charge in [0, 0.05) is 11.3 Å². The number of rotatable bonds is 6. The van der Waals surface area contributed by atoms with Crippen LogP contribution in [0.15, 0.2) is 42.5 Å². The van der Waals surface area contributed by atoms with Gasteiger partial charge in [0.25, 0.3) is 0 Å². The van der Waals surface area contributed by atoms with Crippen LogP contribution in [0.3, 0.4) is 0 Å². The fourth-order valence-corrected chi connectivity index (χ4v) is 2.10. The maximum absolute atomic E-state index is 11.9. The molecule has 0 saturated heterocycles. The van der Waals surface area contributed by atoms with E-state index in [9.17, 15) is 9.59 Å². The molecule has 2 aromatic carbocycles. The maximum atomic E-state index is 11.9. The van der Waals surface area contributed by atoms with Crippen LogP contribution in [0.1, 0.15) is 34.8 Å². The molecule has 0 spiro atoms. The Labute approximate surface area is 136 Å². The van der Waals surface area contributed by atoms with Gasteiger partial charge in [-0.3, -0.25) is 9.59 Å². The molecular weight excluding hydrogens is 290 g/mol. The predicted octanol–water partition coefficient (Wildman–Crippen LogP) is 3.91. The molecule has 0 unspecified atom stereocenters. The molecule has 2 aromatic rings. The summed E-state index contributed by atoms with van der Waals surface area (Å²) in [6.45, 7) is 5.87. The molecule has 4 heteroatoms. The van der Waals surface area contributed by atoms with Crippen LogP contribution in [0.2, 0.25) is 0 Å². The number of carbonyl (C=O) groups is 2. The zero-order chi connectivity index (χ0) is 16.8. The van der Waals surface area contributed by atoms with Crippen LogP contribution in [-0.2, 0) is 4.79 Å². The average molecular weight is 311 g/mol. The number of Topliss-reactive ketones (excluding diaryl/α,β-unsaturated/α-hetero) is 1. The van der Waals surface area contributed by atoms with E-state index in [1.807, 2.05) is 32.0 Å². The molecule has 0 aliphatic carbocycles. The number of ether oxygens (including phenoxy) is 1. The first-order valence-electron chi connectivity index (χ1n) is 7.56. The van der Waals surface area contributed by atoms with Crippen LogP contribution in [0.4, 0.5) is 5.69 Å². The molecule has 0 saturated carbocycles. The SMILES string of the molecule is CC(=O)c1cccc(NC(=O)CCOc2ccc(C)c(C)c2)c1. The summed E-state index contributed by atoms with van der Waals surface area (Å²) >= 11 is 0. The van der Waals surface area contributed by atoms with Crippen LogP contribution in [0.5, 0.6) is 5.75 Å². The minimum absolute atomic E-state index is 0.0285. The third-order valence-corrected chi connectivity index (χ3v) is 3.63. The molecule has 0 aliphatic rings. The lowest BCUT2D eigenvalue weighted by Crippen LogP contribution is -2.15. The summed E-state index contributed by atoms with van der Waals surface area (Å²) in [7, 11) is 0. The number of hydrogen-bond donors (Lipinski definition) is 1. The van der Waals surface area contributed by atoms with Crippen LogP contribution < -0.4 is 10.1 Å². The number of amides is 1. The minimum Gasteiger partial charge on any atom is -0.493 e. The average Bonchev–Trinajstić information content (AvgIpc) is 2.51. The monoisotopic (exact) mass is 311 g/mol. The summed E-state index contributed by atoms with van der Waals surface area (Å²) in [4.78, 5) is 23.3. The highest BCUT2D eigenvalue weighted by Gasteiger charge is 2.06. The van der Waals surface area contributed by atoms with Crippen molar-refractivity contribution in [3.63, 3.8) is 0 Å². The maximum Gasteiger partial charge on any atom is 0.227 e. The summed E-state index contributed by atoms with van der Waals surface area (Å²) in [5.41, 5.74) is 3.57. The van der Waals surface area contributed by atoms with Crippen molar-refractivity contribution in [2.75, 3.05) is 11.9 Å². The Morgan fingerprint density at radius 3 is 2.52 bits per heavy atom. The Balaban J connectivity index is 1.84. The predicted molar refractivity (Wildman–Crippen MR) is 91.1 cm³/mol. The van der Waals surface area contributed by atoms with Gasteiger partial charge < -0.3 is 10.1 Å². The Morgan fingerprint density at radius 1 is 1.04 bits per heavy atom. The zero-order valence-electron chi connectivity index (χ0n) is 13.7. The summed E-state index contributed by atoms with van der Waals surface area (Å²) < 4.78 is 5.60. The van der Waals surface area contributed by atoms with E-state index in [1.54, 1.807) is 24.3 Å². The molecule has 0 fully saturated rings. The standard InChI is InChI=1S/C19H21NO3/c1-13-7-8-18(11-14(13)2)23-10-9-19(22)20-17-6-4-5-16(12-17)15(3)21/h4-8,11-12H,9-10H2,1-3H3,(H,20,22). The van der Waals surface area contributed by atoms with E-state index in [-0.39, 0.29) is 18.1 Å². The molecule has 0 aromatic heterocycles. The van der Waals surface area contributed by atoms with Crippen LogP contribution in [-0.4, -0.2) is 18.3 Å². The molecular formula is C19H21NO3. The third-order valence-electron chi connectivity index (χ3n) is 3.63. The van der Waals surface area contributed by atoms with Crippen molar-refractivity contribution in [3.05, 3.63) is 59.2 Å². The zero-order valence-corrected chi connectivity index (χ0v) is 13.7. The van der Waals surface area contributed by atoms with Crippen LogP contribution in [0.25, 0.3) is 0 Å². The molecule has 1 N–H and O–H groups in total. The van der Waals surface area contributed by atoms with E-state index in [0.29, 0.717) is 17.9 Å². The fraction of sp³-hybridized carbons (Fsp3) is 0.263. The fourth-order valence-electron chi connectivity index (χ4n) is 2.10. The lowest BCUT2D eigenvalue weighted by atomic mass is 10.1. The smallest absolute Gasteiger partial charge is 0.227 e. The van der Waals surface area contributed by atoms with Crippen molar-refractivity contribution in [2.24, 2.45) is 0 Å². The molecule has 0 heterocycles. The van der Waals surface area contributed by atoms with Crippen LogP contribution >= 0.6 is 0 Å². The van der Waals surface area contributed by atoms with Crippen molar-refractivity contribution in [3.8, 4) is 5.75 Å². The van der Waals surface area contributed by atoms with Gasteiger partial charge in [0.1, 0.15) is 5.75 Å². The van der Waals surface area contributed by atoms with Gasteiger partial charge in [0.2, 0.25) is 5.91 Å². The van der Waals surface area contributed by atoms with Crippen LogP contribution in [0, 0.1) is 13.8 Å². The number of benzene rings is 2. The largest absolute Gasteiger partial charge is 0.493 e. The quantitative estimate of drug-likeness (QED) is 0.823. The first kappa shape index (κ1) is 16.7. The van der Waals surface area contributed by atoms with Gasteiger partial charge in [-0.2, -0.15) is 0 Å². The van der Waals surface area contributed by atoms with Gasteiger partial charge in [-0.05, 0) is 56.2 Å². The third kappa shape index (κ3) is 4.95. The summed E-state index contributed by atoms with van der Waals surface area (Å²) in [5, 5.41) is 2.77. The molecule has 0 radical (unpaired) electrons. The highest BCUT2D eigenvalue weighted by molar-refractivity contribution is 5.97. The first-order chi connectivity index (χ1) is 11.0. The topological polar surface area (TPSA) is 55.4 Å². The number of aryl methyl sites for hydroxylation is 2. The lowest BCUT2D eigenvalue weighted by Gasteiger charge is -2.09. The highest BCUT2D eigenvalue weighted by Crippen LogP contribution is 2.17. The van der Waals surface area contributed by atoms with E-state index >= 15 is 0 Å². The number of hydrogen-bond acceptors (Lipinski definition) is 3. The second-order valence-corrected chi connectivity index (χ2v) is 5.53. The van der Waals surface area contributed by atoms with Gasteiger partial charge in [0.05, 0.1) is 13.0 Å². The van der Waals surface area contributed by atoms with Gasteiger partial charge in [-0.1, -0.05) is 18.2 Å².